The van der Waals surface area contributed by atoms with Crippen molar-refractivity contribution >= 4 is 0 Å². The lowest BCUT2D eigenvalue weighted by atomic mass is 9.92. The van der Waals surface area contributed by atoms with Crippen LogP contribution in [-0.2, 0) is 0 Å². The highest BCUT2D eigenvalue weighted by Crippen LogP contribution is 2.27. The van der Waals surface area contributed by atoms with Crippen molar-refractivity contribution in [1.82, 2.24) is 15.2 Å². The van der Waals surface area contributed by atoms with E-state index in [-0.39, 0.29) is 5.92 Å². The molecule has 2 rings (SSSR count). The van der Waals surface area contributed by atoms with Crippen LogP contribution in [0.5, 0.6) is 0 Å². The molecule has 1 atom stereocenters. The molecule has 0 radical (unpaired) electrons. The zero-order chi connectivity index (χ0) is 12.8. The molecular weight excluding hydrogens is 224 g/mol. The number of hydrogen-bond acceptors (Lipinski definition) is 3. The van der Waals surface area contributed by atoms with Gasteiger partial charge in [-0.1, -0.05) is 31.9 Å². The molecule has 0 bridgehead atoms. The zero-order valence-electron chi connectivity index (χ0n) is 10.4. The molecule has 0 spiro atoms. The van der Waals surface area contributed by atoms with Crippen LogP contribution in [0.15, 0.2) is 30.6 Å². The van der Waals surface area contributed by atoms with E-state index in [4.69, 9.17) is 5.26 Å². The van der Waals surface area contributed by atoms with Gasteiger partial charge in [0.05, 0.1) is 11.6 Å². The average Bonchev–Trinajstić information content (AvgIpc) is 2.94. The van der Waals surface area contributed by atoms with Crippen molar-refractivity contribution in [3.8, 4) is 6.07 Å². The van der Waals surface area contributed by atoms with Crippen LogP contribution in [0.2, 0.25) is 0 Å². The first-order valence-electron chi connectivity index (χ1n) is 6.20. The molecule has 1 aromatic heterocycles. The highest BCUT2D eigenvalue weighted by Gasteiger charge is 2.16. The fourth-order valence-electron chi connectivity index (χ4n) is 2.04. The Kier molecular flexibility index (Phi) is 4.08. The molecule has 0 saturated heterocycles. The first kappa shape index (κ1) is 12.3. The van der Waals surface area contributed by atoms with E-state index in [0.29, 0.717) is 5.56 Å². The molecule has 2 aromatic rings. The molecule has 92 valence electrons. The summed E-state index contributed by atoms with van der Waals surface area (Å²) in [6, 6.07) is 9.84. The van der Waals surface area contributed by atoms with Crippen molar-refractivity contribution in [3.05, 3.63) is 47.5 Å². The third-order valence-electron chi connectivity index (χ3n) is 3.05. The molecule has 0 aliphatic rings. The van der Waals surface area contributed by atoms with Crippen molar-refractivity contribution in [3.63, 3.8) is 0 Å². The lowest BCUT2D eigenvalue weighted by Gasteiger charge is -2.14. The second kappa shape index (κ2) is 5.97. The van der Waals surface area contributed by atoms with Crippen molar-refractivity contribution in [2.24, 2.45) is 0 Å². The maximum Gasteiger partial charge on any atom is 0.137 e. The molecule has 1 heterocycles. The van der Waals surface area contributed by atoms with Gasteiger partial charge in [-0.05, 0) is 24.1 Å². The third-order valence-corrected chi connectivity index (χ3v) is 3.05. The van der Waals surface area contributed by atoms with Crippen molar-refractivity contribution in [2.75, 3.05) is 0 Å². The fraction of sp³-hybridized carbons (Fsp3) is 0.357. The Balaban J connectivity index is 2.25. The normalized spacial score (nSPS) is 12.0. The third kappa shape index (κ3) is 2.75. The topological polar surface area (TPSA) is 65.4 Å². The van der Waals surface area contributed by atoms with Crippen LogP contribution in [0.3, 0.4) is 0 Å². The summed E-state index contributed by atoms with van der Waals surface area (Å²) in [6.07, 6.45) is 4.88. The highest BCUT2D eigenvalue weighted by atomic mass is 15.2. The summed E-state index contributed by atoms with van der Waals surface area (Å²) in [5.74, 6) is 1.13. The number of unbranched alkanes of at least 4 members (excludes halogenated alkanes) is 1. The fourth-order valence-corrected chi connectivity index (χ4v) is 2.04. The smallest absolute Gasteiger partial charge is 0.137 e. The predicted octanol–water partition coefficient (Wildman–Crippen LogP) is 3.00. The summed E-state index contributed by atoms with van der Waals surface area (Å²) in [4.78, 5) is 4.26. The van der Waals surface area contributed by atoms with Crippen molar-refractivity contribution < 1.29 is 0 Å². The Labute approximate surface area is 107 Å². The zero-order valence-corrected chi connectivity index (χ0v) is 10.4. The minimum absolute atomic E-state index is 0.236. The van der Waals surface area contributed by atoms with Gasteiger partial charge in [0.25, 0.3) is 0 Å². The number of aromatic amines is 1. The number of benzene rings is 1. The predicted molar refractivity (Wildman–Crippen MR) is 68.9 cm³/mol. The summed E-state index contributed by atoms with van der Waals surface area (Å²) in [5, 5.41) is 15.7. The number of H-pyrrole nitrogens is 1. The number of nitrogens with one attached hydrogen (secondary N) is 1. The number of hydrogen-bond donors (Lipinski definition) is 1. The molecule has 0 aliphatic heterocycles. The molecule has 1 N–H and O–H groups in total. The first-order chi connectivity index (χ1) is 8.85. The minimum atomic E-state index is 0.236. The van der Waals surface area contributed by atoms with Crippen LogP contribution in [0.25, 0.3) is 0 Å². The van der Waals surface area contributed by atoms with Gasteiger partial charge in [-0.25, -0.2) is 4.98 Å². The van der Waals surface area contributed by atoms with E-state index >= 15 is 0 Å². The Morgan fingerprint density at radius 2 is 2.11 bits per heavy atom. The number of nitrogens with zero attached hydrogens (tertiary/aromatic N) is 3. The van der Waals surface area contributed by atoms with Crippen molar-refractivity contribution in [1.29, 1.82) is 5.26 Å². The van der Waals surface area contributed by atoms with E-state index in [2.05, 4.69) is 28.2 Å². The minimum Gasteiger partial charge on any atom is -0.263 e. The molecule has 18 heavy (non-hydrogen) atoms. The van der Waals surface area contributed by atoms with E-state index in [1.807, 2.05) is 24.3 Å². The lowest BCUT2D eigenvalue weighted by Crippen LogP contribution is -2.03. The maximum absolute atomic E-state index is 8.81. The van der Waals surface area contributed by atoms with E-state index in [0.717, 1.165) is 25.1 Å². The summed E-state index contributed by atoms with van der Waals surface area (Å²) < 4.78 is 0. The van der Waals surface area contributed by atoms with Gasteiger partial charge in [-0.2, -0.15) is 10.4 Å². The van der Waals surface area contributed by atoms with Crippen LogP contribution in [0, 0.1) is 11.3 Å². The Morgan fingerprint density at radius 3 is 2.67 bits per heavy atom. The highest BCUT2D eigenvalue weighted by molar-refractivity contribution is 5.34. The van der Waals surface area contributed by atoms with Gasteiger partial charge in [0.1, 0.15) is 12.2 Å². The number of nitriles is 1. The van der Waals surface area contributed by atoms with E-state index in [1.165, 1.54) is 11.9 Å². The van der Waals surface area contributed by atoms with E-state index in [9.17, 15) is 0 Å². The molecule has 1 unspecified atom stereocenters. The van der Waals surface area contributed by atoms with Crippen LogP contribution in [0.1, 0.15) is 49.1 Å². The van der Waals surface area contributed by atoms with Gasteiger partial charge in [0.15, 0.2) is 0 Å². The molecule has 0 saturated carbocycles. The summed E-state index contributed by atoms with van der Waals surface area (Å²) in [6.45, 7) is 2.18. The average molecular weight is 240 g/mol. The molecule has 4 nitrogen and oxygen atoms in total. The molecule has 0 fully saturated rings. The van der Waals surface area contributed by atoms with Gasteiger partial charge in [0.2, 0.25) is 0 Å². The summed E-state index contributed by atoms with van der Waals surface area (Å²) >= 11 is 0. The Bertz CT molecular complexity index is 508. The number of rotatable bonds is 5. The lowest BCUT2D eigenvalue weighted by molar-refractivity contribution is 0.624. The SMILES string of the molecule is CCCCC(c1ccc(C#N)cc1)c1ncn[nH]1. The molecular formula is C14H16N4. The summed E-state index contributed by atoms with van der Waals surface area (Å²) in [7, 11) is 0. The van der Waals surface area contributed by atoms with Crippen molar-refractivity contribution in [2.45, 2.75) is 32.1 Å². The van der Waals surface area contributed by atoms with Gasteiger partial charge >= 0.3 is 0 Å². The van der Waals surface area contributed by atoms with Gasteiger partial charge in [0, 0.05) is 5.92 Å². The standard InChI is InChI=1S/C14H16N4/c1-2-3-4-13(14-16-10-17-18-14)12-7-5-11(9-15)6-8-12/h5-8,10,13H,2-4H2,1H3,(H,16,17,18). The quantitative estimate of drug-likeness (QED) is 0.873. The molecule has 4 heteroatoms. The van der Waals surface area contributed by atoms with Crippen LogP contribution >= 0.6 is 0 Å². The van der Waals surface area contributed by atoms with Crippen LogP contribution in [0.4, 0.5) is 0 Å². The van der Waals surface area contributed by atoms with E-state index < -0.39 is 0 Å². The number of aromatic nitrogens is 3. The van der Waals surface area contributed by atoms with Crippen LogP contribution in [-0.4, -0.2) is 15.2 Å². The maximum atomic E-state index is 8.81. The largest absolute Gasteiger partial charge is 0.263 e. The molecule has 1 aromatic carbocycles. The Morgan fingerprint density at radius 1 is 1.33 bits per heavy atom. The van der Waals surface area contributed by atoms with E-state index in [1.54, 1.807) is 0 Å². The Hall–Kier alpha value is -2.15. The summed E-state index contributed by atoms with van der Waals surface area (Å²) in [5.41, 5.74) is 1.87. The second-order valence-corrected chi connectivity index (χ2v) is 4.30. The van der Waals surface area contributed by atoms with Gasteiger partial charge < -0.3 is 0 Å². The second-order valence-electron chi connectivity index (χ2n) is 4.30. The van der Waals surface area contributed by atoms with Gasteiger partial charge in [-0.3, -0.25) is 5.10 Å². The van der Waals surface area contributed by atoms with Crippen LogP contribution < -0.4 is 0 Å². The monoisotopic (exact) mass is 240 g/mol. The molecule has 0 aliphatic carbocycles. The van der Waals surface area contributed by atoms with Gasteiger partial charge in [-0.15, -0.1) is 0 Å². The first-order valence-corrected chi connectivity index (χ1v) is 6.20. The molecule has 0 amide bonds.